The molecule has 0 aliphatic carbocycles. The molecule has 144 valence electrons. The summed E-state index contributed by atoms with van der Waals surface area (Å²) in [4.78, 5) is 25.5. The van der Waals surface area contributed by atoms with Crippen LogP contribution in [0.5, 0.6) is 17.2 Å². The molecule has 0 atom stereocenters. The van der Waals surface area contributed by atoms with Gasteiger partial charge in [0.25, 0.3) is 11.5 Å². The Bertz CT molecular complexity index is 1150. The normalized spacial score (nSPS) is 12.2. The average Bonchev–Trinajstić information content (AvgIpc) is 3.15. The van der Waals surface area contributed by atoms with E-state index in [0.29, 0.717) is 35.4 Å². The molecule has 1 aliphatic rings. The lowest BCUT2D eigenvalue weighted by Gasteiger charge is -2.13. The predicted octanol–water partition coefficient (Wildman–Crippen LogP) is 2.21. The molecule has 0 radical (unpaired) electrons. The van der Waals surface area contributed by atoms with E-state index in [1.165, 1.54) is 7.11 Å². The molecule has 0 unspecified atom stereocenters. The van der Waals surface area contributed by atoms with Gasteiger partial charge < -0.3 is 24.5 Å². The van der Waals surface area contributed by atoms with Crippen molar-refractivity contribution >= 4 is 16.8 Å². The molecule has 0 saturated heterocycles. The van der Waals surface area contributed by atoms with E-state index in [1.54, 1.807) is 35.9 Å². The van der Waals surface area contributed by atoms with Crippen molar-refractivity contribution in [2.75, 3.05) is 14.2 Å². The number of carbonyl (C=O) groups excluding carboxylic acids is 1. The molecule has 0 fully saturated rings. The summed E-state index contributed by atoms with van der Waals surface area (Å²) >= 11 is 0. The number of nitrogens with one attached hydrogen (secondary N) is 1. The van der Waals surface area contributed by atoms with Crippen LogP contribution in [-0.2, 0) is 19.5 Å². The third-order valence-electron chi connectivity index (χ3n) is 5.07. The second-order valence-corrected chi connectivity index (χ2v) is 6.62. The molecule has 7 heteroatoms. The lowest BCUT2D eigenvalue weighted by Crippen LogP contribution is -2.32. The number of methoxy groups -OCH3 is 2. The Balaban J connectivity index is 1.65. The van der Waals surface area contributed by atoms with Crippen molar-refractivity contribution in [1.29, 1.82) is 0 Å². The van der Waals surface area contributed by atoms with Gasteiger partial charge in [-0.2, -0.15) is 0 Å². The SMILES string of the molecule is COc1ccc(CNC(=O)c2c(O)c3cccc4c3n(c2=O)CC4)cc1OC. The van der Waals surface area contributed by atoms with Gasteiger partial charge in [-0.3, -0.25) is 9.59 Å². The van der Waals surface area contributed by atoms with Crippen LogP contribution in [0.4, 0.5) is 0 Å². The minimum Gasteiger partial charge on any atom is -0.506 e. The number of benzene rings is 2. The molecule has 1 aromatic heterocycles. The predicted molar refractivity (Wildman–Crippen MR) is 104 cm³/mol. The van der Waals surface area contributed by atoms with E-state index < -0.39 is 11.5 Å². The molecule has 28 heavy (non-hydrogen) atoms. The van der Waals surface area contributed by atoms with E-state index in [2.05, 4.69) is 5.32 Å². The molecule has 2 heterocycles. The number of amides is 1. The van der Waals surface area contributed by atoms with Crippen LogP contribution in [0.2, 0.25) is 0 Å². The highest BCUT2D eigenvalue weighted by molar-refractivity contribution is 6.03. The van der Waals surface area contributed by atoms with Crippen LogP contribution in [0.3, 0.4) is 0 Å². The summed E-state index contributed by atoms with van der Waals surface area (Å²) < 4.78 is 12.0. The maximum Gasteiger partial charge on any atom is 0.267 e. The van der Waals surface area contributed by atoms with E-state index >= 15 is 0 Å². The van der Waals surface area contributed by atoms with Gasteiger partial charge in [0, 0.05) is 18.5 Å². The number of hydrogen-bond acceptors (Lipinski definition) is 5. The fourth-order valence-corrected chi connectivity index (χ4v) is 3.69. The zero-order valence-corrected chi connectivity index (χ0v) is 15.6. The zero-order valence-electron chi connectivity index (χ0n) is 15.6. The van der Waals surface area contributed by atoms with Crippen molar-refractivity contribution in [2.45, 2.75) is 19.5 Å². The first-order valence-electron chi connectivity index (χ1n) is 8.91. The van der Waals surface area contributed by atoms with E-state index in [9.17, 15) is 14.7 Å². The summed E-state index contributed by atoms with van der Waals surface area (Å²) in [5.41, 5.74) is 1.79. The van der Waals surface area contributed by atoms with E-state index in [1.807, 2.05) is 12.1 Å². The summed E-state index contributed by atoms with van der Waals surface area (Å²) in [6.45, 7) is 0.682. The highest BCUT2D eigenvalue weighted by Gasteiger charge is 2.25. The summed E-state index contributed by atoms with van der Waals surface area (Å²) in [6, 6.07) is 10.8. The van der Waals surface area contributed by atoms with Gasteiger partial charge in [0.15, 0.2) is 11.5 Å². The van der Waals surface area contributed by atoms with Gasteiger partial charge >= 0.3 is 0 Å². The maximum atomic E-state index is 12.8. The van der Waals surface area contributed by atoms with E-state index in [0.717, 1.165) is 11.1 Å². The number of para-hydroxylation sites is 1. The Hall–Kier alpha value is -3.48. The van der Waals surface area contributed by atoms with Crippen molar-refractivity contribution in [3.63, 3.8) is 0 Å². The van der Waals surface area contributed by atoms with Crippen LogP contribution in [0.15, 0.2) is 41.2 Å². The highest BCUT2D eigenvalue weighted by atomic mass is 16.5. The van der Waals surface area contributed by atoms with Gasteiger partial charge in [0.1, 0.15) is 11.3 Å². The fraction of sp³-hybridized carbons (Fsp3) is 0.238. The van der Waals surface area contributed by atoms with Gasteiger partial charge in [-0.15, -0.1) is 0 Å². The lowest BCUT2D eigenvalue weighted by atomic mass is 10.1. The van der Waals surface area contributed by atoms with Crippen LogP contribution in [-0.4, -0.2) is 29.8 Å². The largest absolute Gasteiger partial charge is 0.506 e. The highest BCUT2D eigenvalue weighted by Crippen LogP contribution is 2.32. The second kappa shape index (κ2) is 6.92. The van der Waals surface area contributed by atoms with Gasteiger partial charge in [0.2, 0.25) is 0 Å². The molecular formula is C21H20N2O5. The summed E-state index contributed by atoms with van der Waals surface area (Å²) in [5.74, 6) is 0.246. The smallest absolute Gasteiger partial charge is 0.267 e. The number of aromatic hydroxyl groups is 1. The molecule has 0 bridgehead atoms. The number of carbonyl (C=O) groups is 1. The quantitative estimate of drug-likeness (QED) is 0.708. The van der Waals surface area contributed by atoms with Gasteiger partial charge in [-0.25, -0.2) is 0 Å². The first-order chi connectivity index (χ1) is 13.5. The van der Waals surface area contributed by atoms with Crippen molar-refractivity contribution in [3.8, 4) is 17.2 Å². The number of nitrogens with zero attached hydrogens (tertiary/aromatic N) is 1. The standard InChI is InChI=1S/C21H20N2O5/c1-27-15-7-6-12(10-16(15)28-2)11-22-20(25)17-19(24)14-5-3-4-13-8-9-23(18(13)14)21(17)26/h3-7,10,24H,8-9,11H2,1-2H3,(H,22,25). The first kappa shape index (κ1) is 17.9. The molecule has 1 amide bonds. The monoisotopic (exact) mass is 380 g/mol. The second-order valence-electron chi connectivity index (χ2n) is 6.62. The Kier molecular flexibility index (Phi) is 4.43. The number of aryl methyl sites for hydroxylation is 2. The molecule has 0 saturated carbocycles. The number of pyridine rings is 1. The van der Waals surface area contributed by atoms with Gasteiger partial charge in [-0.1, -0.05) is 18.2 Å². The van der Waals surface area contributed by atoms with E-state index in [-0.39, 0.29) is 17.9 Å². The molecule has 3 aromatic rings. The minimum absolute atomic E-state index is 0.177. The van der Waals surface area contributed by atoms with Crippen LogP contribution in [0, 0.1) is 0 Å². The van der Waals surface area contributed by atoms with Gasteiger partial charge in [0.05, 0.1) is 19.7 Å². The number of ether oxygens (including phenoxy) is 2. The summed E-state index contributed by atoms with van der Waals surface area (Å²) in [7, 11) is 3.08. The molecule has 1 aliphatic heterocycles. The van der Waals surface area contributed by atoms with Crippen LogP contribution in [0.1, 0.15) is 21.5 Å². The minimum atomic E-state index is -0.611. The van der Waals surface area contributed by atoms with Crippen LogP contribution in [0.25, 0.3) is 10.9 Å². The van der Waals surface area contributed by atoms with Crippen molar-refractivity contribution in [1.82, 2.24) is 9.88 Å². The van der Waals surface area contributed by atoms with E-state index in [4.69, 9.17) is 9.47 Å². The van der Waals surface area contributed by atoms with Crippen molar-refractivity contribution in [3.05, 3.63) is 63.4 Å². The maximum absolute atomic E-state index is 12.8. The molecular weight excluding hydrogens is 360 g/mol. The Morgan fingerprint density at radius 1 is 1.18 bits per heavy atom. The van der Waals surface area contributed by atoms with Crippen LogP contribution >= 0.6 is 0 Å². The summed E-state index contributed by atoms with van der Waals surface area (Å²) in [6.07, 6.45) is 0.711. The number of aromatic nitrogens is 1. The van der Waals surface area contributed by atoms with Crippen LogP contribution < -0.4 is 20.3 Å². The molecule has 2 aromatic carbocycles. The average molecular weight is 380 g/mol. The topological polar surface area (TPSA) is 89.8 Å². The first-order valence-corrected chi connectivity index (χ1v) is 8.91. The molecule has 2 N–H and O–H groups in total. The zero-order chi connectivity index (χ0) is 19.8. The third kappa shape index (κ3) is 2.76. The van der Waals surface area contributed by atoms with Crippen molar-refractivity contribution in [2.24, 2.45) is 0 Å². The summed E-state index contributed by atoms with van der Waals surface area (Å²) in [5, 5.41) is 13.8. The van der Waals surface area contributed by atoms with Gasteiger partial charge in [-0.05, 0) is 35.7 Å². The fourth-order valence-electron chi connectivity index (χ4n) is 3.69. The Morgan fingerprint density at radius 2 is 1.96 bits per heavy atom. The molecule has 7 nitrogen and oxygen atoms in total. The molecule has 0 spiro atoms. The molecule has 4 rings (SSSR count). The number of hydrogen-bond donors (Lipinski definition) is 2. The number of rotatable bonds is 5. The lowest BCUT2D eigenvalue weighted by molar-refractivity contribution is 0.0946. The third-order valence-corrected chi connectivity index (χ3v) is 5.07. The Morgan fingerprint density at radius 3 is 2.71 bits per heavy atom. The Labute approximate surface area is 161 Å². The van der Waals surface area contributed by atoms with Crippen molar-refractivity contribution < 1.29 is 19.4 Å².